The number of rotatable bonds is 7. The molecular weight excluding hydrogens is 278 g/mol. The van der Waals surface area contributed by atoms with Gasteiger partial charge < -0.3 is 14.6 Å². The van der Waals surface area contributed by atoms with Gasteiger partial charge in [0.25, 0.3) is 5.91 Å². The molecule has 1 N–H and O–H groups in total. The molecule has 0 radical (unpaired) electrons. The molecule has 0 spiro atoms. The van der Waals surface area contributed by atoms with Gasteiger partial charge in [0, 0.05) is 36.6 Å². The number of aromatic nitrogens is 2. The van der Waals surface area contributed by atoms with Gasteiger partial charge in [0.15, 0.2) is 6.23 Å². The lowest BCUT2D eigenvalue weighted by atomic mass is 10.1. The van der Waals surface area contributed by atoms with Crippen LogP contribution in [-0.2, 0) is 6.54 Å². The van der Waals surface area contributed by atoms with E-state index in [-0.39, 0.29) is 5.91 Å². The highest BCUT2D eigenvalue weighted by Gasteiger charge is 2.34. The van der Waals surface area contributed by atoms with Crippen LogP contribution < -0.4 is 0 Å². The molecule has 0 saturated heterocycles. The molecule has 1 amide bonds. The van der Waals surface area contributed by atoms with Crippen LogP contribution in [0.5, 0.6) is 0 Å². The van der Waals surface area contributed by atoms with E-state index in [1.54, 1.807) is 17.2 Å². The molecule has 1 unspecified atom stereocenters. The van der Waals surface area contributed by atoms with Crippen LogP contribution in [0.25, 0.3) is 0 Å². The summed E-state index contributed by atoms with van der Waals surface area (Å²) in [6, 6.07) is 7.30. The fourth-order valence-electron chi connectivity index (χ4n) is 2.92. The summed E-state index contributed by atoms with van der Waals surface area (Å²) in [4.78, 5) is 17.8. The number of aryl methyl sites for hydroxylation is 1. The van der Waals surface area contributed by atoms with Gasteiger partial charge in [0.1, 0.15) is 0 Å². The number of imidazole rings is 1. The van der Waals surface area contributed by atoms with Crippen LogP contribution >= 0.6 is 0 Å². The summed E-state index contributed by atoms with van der Waals surface area (Å²) < 4.78 is 2.07. The Morgan fingerprint density at radius 2 is 1.86 bits per heavy atom. The third-order valence-corrected chi connectivity index (χ3v) is 4.15. The number of fused-ring (bicyclic) bond motifs is 1. The summed E-state index contributed by atoms with van der Waals surface area (Å²) in [5.41, 5.74) is 1.36. The zero-order valence-electron chi connectivity index (χ0n) is 12.6. The lowest BCUT2D eigenvalue weighted by Gasteiger charge is -2.20. The van der Waals surface area contributed by atoms with E-state index in [1.807, 2.05) is 30.7 Å². The van der Waals surface area contributed by atoms with Crippen LogP contribution in [0.2, 0.25) is 0 Å². The first kappa shape index (κ1) is 14.8. The van der Waals surface area contributed by atoms with Gasteiger partial charge >= 0.3 is 0 Å². The van der Waals surface area contributed by atoms with Gasteiger partial charge in [-0.1, -0.05) is 31.0 Å². The van der Waals surface area contributed by atoms with E-state index >= 15 is 0 Å². The van der Waals surface area contributed by atoms with Crippen molar-refractivity contribution in [3.8, 4) is 0 Å². The number of carbonyl (C=O) groups excluding carboxylic acids is 1. The van der Waals surface area contributed by atoms with Crippen LogP contribution in [0.4, 0.5) is 0 Å². The Labute approximate surface area is 130 Å². The lowest BCUT2D eigenvalue weighted by molar-refractivity contribution is 0.0169. The second-order valence-electron chi connectivity index (χ2n) is 5.67. The fourth-order valence-corrected chi connectivity index (χ4v) is 2.92. The maximum absolute atomic E-state index is 12.2. The van der Waals surface area contributed by atoms with E-state index in [9.17, 15) is 9.90 Å². The molecule has 5 nitrogen and oxygen atoms in total. The minimum Gasteiger partial charge on any atom is -0.369 e. The maximum Gasteiger partial charge on any atom is 0.256 e. The minimum atomic E-state index is -0.783. The second-order valence-corrected chi connectivity index (χ2v) is 5.67. The summed E-state index contributed by atoms with van der Waals surface area (Å²) in [6.07, 6.45) is 9.00. The van der Waals surface area contributed by atoms with Gasteiger partial charge in [-0.2, -0.15) is 0 Å². The molecule has 22 heavy (non-hydrogen) atoms. The van der Waals surface area contributed by atoms with E-state index in [2.05, 4.69) is 9.55 Å². The van der Waals surface area contributed by atoms with Crippen LogP contribution in [0.3, 0.4) is 0 Å². The molecule has 1 aliphatic heterocycles. The average molecular weight is 299 g/mol. The number of aliphatic hydroxyl groups excluding tert-OH is 1. The van der Waals surface area contributed by atoms with Crippen molar-refractivity contribution in [1.29, 1.82) is 0 Å². The Balaban J connectivity index is 1.40. The molecule has 0 bridgehead atoms. The molecule has 5 heteroatoms. The molecule has 1 aromatic heterocycles. The number of hydrogen-bond donors (Lipinski definition) is 1. The van der Waals surface area contributed by atoms with E-state index in [4.69, 9.17) is 0 Å². The lowest BCUT2D eigenvalue weighted by Crippen LogP contribution is -2.28. The van der Waals surface area contributed by atoms with Gasteiger partial charge in [0.05, 0.1) is 6.33 Å². The summed E-state index contributed by atoms with van der Waals surface area (Å²) in [6.45, 7) is 1.59. The Morgan fingerprint density at radius 1 is 1.09 bits per heavy atom. The minimum absolute atomic E-state index is 0.0542. The van der Waals surface area contributed by atoms with Crippen LogP contribution in [0.15, 0.2) is 43.0 Å². The number of hydrogen-bond acceptors (Lipinski definition) is 3. The summed E-state index contributed by atoms with van der Waals surface area (Å²) in [5, 5.41) is 10.2. The standard InChI is InChI=1S/C17H21N3O2/c21-16-14-7-3-4-8-15(14)17(22)20(16)11-6-2-1-5-10-19-12-9-18-13-19/h3-4,7-9,12-13,16,21H,1-2,5-6,10-11H2. The zero-order valence-corrected chi connectivity index (χ0v) is 12.6. The Morgan fingerprint density at radius 3 is 2.59 bits per heavy atom. The number of carbonyl (C=O) groups is 1. The van der Waals surface area contributed by atoms with Crippen molar-refractivity contribution >= 4 is 5.91 Å². The number of amides is 1. The molecule has 2 heterocycles. The van der Waals surface area contributed by atoms with Crippen LogP contribution in [0.1, 0.15) is 47.8 Å². The Hall–Kier alpha value is -2.14. The first-order valence-electron chi connectivity index (χ1n) is 7.81. The third-order valence-electron chi connectivity index (χ3n) is 4.15. The normalized spacial score (nSPS) is 17.0. The monoisotopic (exact) mass is 299 g/mol. The summed E-state index contributed by atoms with van der Waals surface area (Å²) in [5.74, 6) is -0.0542. The molecule has 0 fully saturated rings. The molecule has 0 aliphatic carbocycles. The number of aliphatic hydroxyl groups is 1. The average Bonchev–Trinajstić information content (AvgIpc) is 3.13. The smallest absolute Gasteiger partial charge is 0.256 e. The first-order valence-corrected chi connectivity index (χ1v) is 7.81. The molecule has 1 atom stereocenters. The van der Waals surface area contributed by atoms with Crippen molar-refractivity contribution in [1.82, 2.24) is 14.5 Å². The molecule has 116 valence electrons. The van der Waals surface area contributed by atoms with Crippen molar-refractivity contribution in [2.75, 3.05) is 6.54 Å². The summed E-state index contributed by atoms with van der Waals surface area (Å²) in [7, 11) is 0. The van der Waals surface area contributed by atoms with Gasteiger partial charge in [-0.25, -0.2) is 4.98 Å². The largest absolute Gasteiger partial charge is 0.369 e. The fraction of sp³-hybridized carbons (Fsp3) is 0.412. The van der Waals surface area contributed by atoms with Crippen molar-refractivity contribution in [3.05, 3.63) is 54.1 Å². The molecule has 1 aromatic carbocycles. The van der Waals surface area contributed by atoms with Gasteiger partial charge in [-0.15, -0.1) is 0 Å². The predicted molar refractivity (Wildman–Crippen MR) is 83.1 cm³/mol. The molecule has 3 rings (SSSR count). The van der Waals surface area contributed by atoms with Crippen LogP contribution in [0, 0.1) is 0 Å². The third kappa shape index (κ3) is 3.04. The summed E-state index contributed by atoms with van der Waals surface area (Å²) >= 11 is 0. The van der Waals surface area contributed by atoms with E-state index in [1.165, 1.54) is 0 Å². The topological polar surface area (TPSA) is 58.4 Å². The molecule has 2 aromatic rings. The molecular formula is C17H21N3O2. The highest BCUT2D eigenvalue weighted by Crippen LogP contribution is 2.31. The van der Waals surface area contributed by atoms with Crippen molar-refractivity contribution in [2.24, 2.45) is 0 Å². The molecule has 1 aliphatic rings. The van der Waals surface area contributed by atoms with E-state index < -0.39 is 6.23 Å². The molecule has 0 saturated carbocycles. The maximum atomic E-state index is 12.2. The first-order chi connectivity index (χ1) is 10.8. The van der Waals surface area contributed by atoms with Crippen molar-refractivity contribution in [3.63, 3.8) is 0 Å². The highest BCUT2D eigenvalue weighted by atomic mass is 16.3. The number of benzene rings is 1. The quantitative estimate of drug-likeness (QED) is 0.799. The Bertz CT molecular complexity index is 625. The van der Waals surface area contributed by atoms with E-state index in [0.717, 1.165) is 37.8 Å². The van der Waals surface area contributed by atoms with Crippen molar-refractivity contribution in [2.45, 2.75) is 38.5 Å². The van der Waals surface area contributed by atoms with Crippen LogP contribution in [-0.4, -0.2) is 32.0 Å². The number of unbranched alkanes of at least 4 members (excludes halogenated alkanes) is 3. The SMILES string of the molecule is O=C1c2ccccc2C(O)N1CCCCCCn1ccnc1. The zero-order chi connectivity index (χ0) is 15.4. The van der Waals surface area contributed by atoms with Gasteiger partial charge in [-0.3, -0.25) is 4.79 Å². The van der Waals surface area contributed by atoms with Gasteiger partial charge in [0.2, 0.25) is 0 Å². The second kappa shape index (κ2) is 6.75. The van der Waals surface area contributed by atoms with Gasteiger partial charge in [-0.05, 0) is 18.9 Å². The number of nitrogens with zero attached hydrogens (tertiary/aromatic N) is 3. The van der Waals surface area contributed by atoms with E-state index in [0.29, 0.717) is 12.1 Å². The Kier molecular flexibility index (Phi) is 4.53. The highest BCUT2D eigenvalue weighted by molar-refractivity contribution is 5.98. The predicted octanol–water partition coefficient (Wildman–Crippen LogP) is 2.59. The van der Waals surface area contributed by atoms with Crippen molar-refractivity contribution < 1.29 is 9.90 Å².